The molecule has 1 fully saturated rings. The normalized spacial score (nSPS) is 15.3. The van der Waals surface area contributed by atoms with Crippen LogP contribution in [0.4, 0.5) is 0 Å². The molecule has 5 heterocycles. The van der Waals surface area contributed by atoms with Gasteiger partial charge in [-0.05, 0) is 18.2 Å². The fourth-order valence-corrected chi connectivity index (χ4v) is 3.59. The second-order valence-corrected chi connectivity index (χ2v) is 6.93. The van der Waals surface area contributed by atoms with E-state index in [4.69, 9.17) is 4.74 Å². The summed E-state index contributed by atoms with van der Waals surface area (Å²) in [5.74, 6) is 0. The molecule has 10 heteroatoms. The molecule has 4 aromatic rings. The van der Waals surface area contributed by atoms with Crippen molar-refractivity contribution in [2.24, 2.45) is 0 Å². The Hall–Kier alpha value is -3.37. The van der Waals surface area contributed by atoms with Gasteiger partial charge in [0, 0.05) is 38.6 Å². The highest BCUT2D eigenvalue weighted by molar-refractivity contribution is 5.91. The Labute approximate surface area is 164 Å². The SMILES string of the molecule is O=c1c2cc3c(=O)n(-n4cnnc4)ccc3nc2ccn1CCN1CCOCC1. The second-order valence-electron chi connectivity index (χ2n) is 6.93. The van der Waals surface area contributed by atoms with Gasteiger partial charge in [-0.25, -0.2) is 14.3 Å². The molecule has 0 aliphatic carbocycles. The topological polar surface area (TPSA) is 100 Å². The summed E-state index contributed by atoms with van der Waals surface area (Å²) < 4.78 is 9.88. The van der Waals surface area contributed by atoms with E-state index < -0.39 is 0 Å². The first kappa shape index (κ1) is 17.7. The minimum absolute atomic E-state index is 0.149. The molecule has 148 valence electrons. The van der Waals surface area contributed by atoms with Gasteiger partial charge in [-0.15, -0.1) is 10.2 Å². The van der Waals surface area contributed by atoms with Crippen molar-refractivity contribution in [2.75, 3.05) is 32.8 Å². The van der Waals surface area contributed by atoms with E-state index in [-0.39, 0.29) is 11.1 Å². The highest BCUT2D eigenvalue weighted by Crippen LogP contribution is 2.14. The number of pyridine rings is 3. The molecule has 1 aliphatic heterocycles. The van der Waals surface area contributed by atoms with Gasteiger partial charge in [0.25, 0.3) is 11.1 Å². The van der Waals surface area contributed by atoms with Crippen LogP contribution in [-0.2, 0) is 11.3 Å². The van der Waals surface area contributed by atoms with E-state index in [1.807, 2.05) is 6.07 Å². The summed E-state index contributed by atoms with van der Waals surface area (Å²) in [6.07, 6.45) is 6.24. The Morgan fingerprint density at radius 2 is 1.59 bits per heavy atom. The zero-order valence-corrected chi connectivity index (χ0v) is 15.6. The van der Waals surface area contributed by atoms with E-state index >= 15 is 0 Å². The second kappa shape index (κ2) is 7.22. The maximum absolute atomic E-state index is 13.0. The molecule has 0 spiro atoms. The number of fused-ring (bicyclic) bond motifs is 2. The third kappa shape index (κ3) is 3.22. The summed E-state index contributed by atoms with van der Waals surface area (Å²) in [6, 6.07) is 5.19. The fraction of sp³-hybridized carbons (Fsp3) is 0.316. The number of morpholine rings is 1. The summed E-state index contributed by atoms with van der Waals surface area (Å²) in [4.78, 5) is 32.7. The first-order valence-electron chi connectivity index (χ1n) is 9.42. The molecule has 10 nitrogen and oxygen atoms in total. The van der Waals surface area contributed by atoms with Gasteiger partial charge in [-0.2, -0.15) is 0 Å². The summed E-state index contributed by atoms with van der Waals surface area (Å²) in [6.45, 7) is 4.54. The molecule has 0 aromatic carbocycles. The maximum atomic E-state index is 13.0. The molecule has 0 unspecified atom stereocenters. The minimum Gasteiger partial charge on any atom is -0.379 e. The predicted octanol–water partition coefficient (Wildman–Crippen LogP) is -0.0535. The molecule has 1 saturated heterocycles. The Bertz CT molecular complexity index is 1290. The van der Waals surface area contributed by atoms with Crippen LogP contribution in [0.5, 0.6) is 0 Å². The van der Waals surface area contributed by atoms with Crippen molar-refractivity contribution in [1.82, 2.24) is 34.0 Å². The molecule has 0 saturated carbocycles. The van der Waals surface area contributed by atoms with Crippen LogP contribution in [-0.4, -0.2) is 66.8 Å². The summed E-state index contributed by atoms with van der Waals surface area (Å²) in [5, 5.41) is 8.26. The summed E-state index contributed by atoms with van der Waals surface area (Å²) >= 11 is 0. The van der Waals surface area contributed by atoms with Crippen molar-refractivity contribution in [1.29, 1.82) is 0 Å². The van der Waals surface area contributed by atoms with Gasteiger partial charge < -0.3 is 9.30 Å². The molecular formula is C19H19N7O3. The van der Waals surface area contributed by atoms with Crippen molar-refractivity contribution < 1.29 is 4.74 Å². The lowest BCUT2D eigenvalue weighted by molar-refractivity contribution is 0.0363. The lowest BCUT2D eigenvalue weighted by Crippen LogP contribution is -2.39. The third-order valence-electron chi connectivity index (χ3n) is 5.21. The summed E-state index contributed by atoms with van der Waals surface area (Å²) in [5.41, 5.74) is 0.674. The number of nitrogens with zero attached hydrogens (tertiary/aromatic N) is 7. The number of hydrogen-bond acceptors (Lipinski definition) is 7. The van der Waals surface area contributed by atoms with Crippen LogP contribution in [0.2, 0.25) is 0 Å². The Kier molecular flexibility index (Phi) is 4.41. The van der Waals surface area contributed by atoms with E-state index in [0.717, 1.165) is 32.8 Å². The van der Waals surface area contributed by atoms with Gasteiger partial charge in [-0.3, -0.25) is 14.5 Å². The standard InChI is InChI=1S/C19H19N7O3/c27-18-14-11-15-17(2-4-26(19(15)28)25-12-20-21-13-25)22-16(14)1-3-24(18)6-5-23-7-9-29-10-8-23/h1-4,11-13H,5-10H2. The first-order valence-corrected chi connectivity index (χ1v) is 9.42. The Balaban J connectivity index is 1.56. The molecule has 5 rings (SSSR count). The quantitative estimate of drug-likeness (QED) is 0.448. The average Bonchev–Trinajstić information content (AvgIpc) is 3.28. The molecule has 0 bridgehead atoms. The number of rotatable bonds is 4. The number of hydrogen-bond donors (Lipinski definition) is 0. The first-order chi connectivity index (χ1) is 14.2. The fourth-order valence-electron chi connectivity index (χ4n) is 3.59. The number of ether oxygens (including phenoxy) is 1. The van der Waals surface area contributed by atoms with Gasteiger partial charge in [0.15, 0.2) is 0 Å². The van der Waals surface area contributed by atoms with Gasteiger partial charge >= 0.3 is 0 Å². The van der Waals surface area contributed by atoms with Gasteiger partial charge in [0.1, 0.15) is 12.7 Å². The minimum atomic E-state index is -0.292. The molecule has 0 atom stereocenters. The Morgan fingerprint density at radius 1 is 0.897 bits per heavy atom. The predicted molar refractivity (Wildman–Crippen MR) is 106 cm³/mol. The van der Waals surface area contributed by atoms with Crippen LogP contribution in [0.1, 0.15) is 0 Å². The van der Waals surface area contributed by atoms with Crippen LogP contribution >= 0.6 is 0 Å². The number of aromatic nitrogens is 6. The monoisotopic (exact) mass is 393 g/mol. The summed E-state index contributed by atoms with van der Waals surface area (Å²) in [7, 11) is 0. The van der Waals surface area contributed by atoms with E-state index in [1.165, 1.54) is 22.0 Å². The van der Waals surface area contributed by atoms with Crippen molar-refractivity contribution in [3.05, 3.63) is 64.0 Å². The van der Waals surface area contributed by atoms with E-state index in [1.54, 1.807) is 29.1 Å². The van der Waals surface area contributed by atoms with Crippen LogP contribution in [0.3, 0.4) is 0 Å². The maximum Gasteiger partial charge on any atom is 0.279 e. The van der Waals surface area contributed by atoms with E-state index in [2.05, 4.69) is 20.1 Å². The zero-order chi connectivity index (χ0) is 19.8. The van der Waals surface area contributed by atoms with Crippen LogP contribution in [0, 0.1) is 0 Å². The van der Waals surface area contributed by atoms with Gasteiger partial charge in [0.05, 0.1) is 35.0 Å². The van der Waals surface area contributed by atoms with Crippen molar-refractivity contribution in [2.45, 2.75) is 6.54 Å². The average molecular weight is 393 g/mol. The zero-order valence-electron chi connectivity index (χ0n) is 15.6. The molecule has 0 radical (unpaired) electrons. The Morgan fingerprint density at radius 3 is 2.34 bits per heavy atom. The largest absolute Gasteiger partial charge is 0.379 e. The van der Waals surface area contributed by atoms with E-state index in [9.17, 15) is 9.59 Å². The molecule has 0 amide bonds. The highest BCUT2D eigenvalue weighted by atomic mass is 16.5. The van der Waals surface area contributed by atoms with Crippen molar-refractivity contribution >= 4 is 21.8 Å². The van der Waals surface area contributed by atoms with Crippen LogP contribution < -0.4 is 11.1 Å². The van der Waals surface area contributed by atoms with Crippen molar-refractivity contribution in [3.8, 4) is 0 Å². The molecular weight excluding hydrogens is 374 g/mol. The van der Waals surface area contributed by atoms with E-state index in [0.29, 0.717) is 28.4 Å². The van der Waals surface area contributed by atoms with Gasteiger partial charge in [0.2, 0.25) is 0 Å². The van der Waals surface area contributed by atoms with Gasteiger partial charge in [-0.1, -0.05) is 0 Å². The van der Waals surface area contributed by atoms with Crippen LogP contribution in [0.15, 0.2) is 52.8 Å². The molecule has 0 N–H and O–H groups in total. The van der Waals surface area contributed by atoms with Crippen molar-refractivity contribution in [3.63, 3.8) is 0 Å². The molecule has 1 aliphatic rings. The highest BCUT2D eigenvalue weighted by Gasteiger charge is 2.13. The molecule has 4 aromatic heterocycles. The lowest BCUT2D eigenvalue weighted by atomic mass is 10.2. The smallest absolute Gasteiger partial charge is 0.279 e. The lowest BCUT2D eigenvalue weighted by Gasteiger charge is -2.26. The van der Waals surface area contributed by atoms with Crippen LogP contribution in [0.25, 0.3) is 21.8 Å². The third-order valence-corrected chi connectivity index (χ3v) is 5.21. The molecule has 29 heavy (non-hydrogen) atoms.